The first-order valence-corrected chi connectivity index (χ1v) is 4.18. The van der Waals surface area contributed by atoms with Crippen LogP contribution in [0.2, 0.25) is 0 Å². The highest BCUT2D eigenvalue weighted by Crippen LogP contribution is 2.28. The van der Waals surface area contributed by atoms with E-state index in [0.29, 0.717) is 0 Å². The van der Waals surface area contributed by atoms with E-state index in [9.17, 15) is 13.2 Å². The lowest BCUT2D eigenvalue weighted by atomic mass is 10.4. The molecule has 1 atom stereocenters. The number of hydrogen-bond donors (Lipinski definition) is 2. The molecule has 8 heteroatoms. The van der Waals surface area contributed by atoms with E-state index >= 15 is 0 Å². The smallest absolute Gasteiger partial charge is 0.425 e. The van der Waals surface area contributed by atoms with Gasteiger partial charge in [-0.15, -0.1) is 5.23 Å². The zero-order valence-electron chi connectivity index (χ0n) is 8.14. The van der Waals surface area contributed by atoms with Crippen LogP contribution in [0.3, 0.4) is 0 Å². The van der Waals surface area contributed by atoms with Gasteiger partial charge in [-0.05, 0) is 19.1 Å². The number of anilines is 1. The standard InChI is InChI=1S/C8H9F3N2O3/c1-5(8(9,10)11)16-7-6(13(14)15)3-2-4-12-7/h2-5,14-15H,1H3. The molecule has 5 nitrogen and oxygen atoms in total. The summed E-state index contributed by atoms with van der Waals surface area (Å²) < 4.78 is 41.0. The van der Waals surface area contributed by atoms with Crippen LogP contribution < -0.4 is 9.96 Å². The van der Waals surface area contributed by atoms with Crippen molar-refractivity contribution in [3.05, 3.63) is 18.3 Å². The molecule has 1 heterocycles. The topological polar surface area (TPSA) is 65.8 Å². The molecule has 1 rings (SSSR count). The molecule has 1 aromatic heterocycles. The van der Waals surface area contributed by atoms with Gasteiger partial charge in [0.15, 0.2) is 11.8 Å². The van der Waals surface area contributed by atoms with E-state index < -0.39 is 18.2 Å². The Bertz CT molecular complexity index is 357. The molecule has 0 spiro atoms. The van der Waals surface area contributed by atoms with Crippen molar-refractivity contribution >= 4 is 5.69 Å². The molecule has 0 radical (unpaired) electrons. The Morgan fingerprint density at radius 2 is 2.06 bits per heavy atom. The fraction of sp³-hybridized carbons (Fsp3) is 0.375. The Morgan fingerprint density at radius 1 is 1.44 bits per heavy atom. The predicted octanol–water partition coefficient (Wildman–Crippen LogP) is 2.00. The number of rotatable bonds is 3. The van der Waals surface area contributed by atoms with Crippen molar-refractivity contribution < 1.29 is 28.3 Å². The Labute approximate surface area is 88.6 Å². The molecule has 0 amide bonds. The van der Waals surface area contributed by atoms with Crippen LogP contribution in [0.5, 0.6) is 5.88 Å². The van der Waals surface area contributed by atoms with Gasteiger partial charge in [-0.1, -0.05) is 0 Å². The van der Waals surface area contributed by atoms with Crippen LogP contribution in [0, 0.1) is 0 Å². The Morgan fingerprint density at radius 3 is 2.56 bits per heavy atom. The summed E-state index contributed by atoms with van der Waals surface area (Å²) in [7, 11) is 0. The summed E-state index contributed by atoms with van der Waals surface area (Å²) in [6, 6.07) is 2.46. The largest absolute Gasteiger partial charge is 0.463 e. The van der Waals surface area contributed by atoms with E-state index in [-0.39, 0.29) is 10.9 Å². The van der Waals surface area contributed by atoms with Gasteiger partial charge in [0.05, 0.1) is 0 Å². The minimum Gasteiger partial charge on any atom is -0.463 e. The van der Waals surface area contributed by atoms with E-state index in [1.165, 1.54) is 12.3 Å². The summed E-state index contributed by atoms with van der Waals surface area (Å²) in [5.74, 6) is -0.516. The van der Waals surface area contributed by atoms with Gasteiger partial charge in [0.2, 0.25) is 5.88 Å². The van der Waals surface area contributed by atoms with E-state index in [0.717, 1.165) is 13.0 Å². The van der Waals surface area contributed by atoms with Crippen LogP contribution in [0.4, 0.5) is 18.9 Å². The van der Waals surface area contributed by atoms with Gasteiger partial charge < -0.3 is 4.74 Å². The van der Waals surface area contributed by atoms with Crippen LogP contribution in [0.15, 0.2) is 18.3 Å². The summed E-state index contributed by atoms with van der Waals surface area (Å²) in [5.41, 5.74) is -0.376. The van der Waals surface area contributed by atoms with Crippen LogP contribution in [0.25, 0.3) is 0 Å². The quantitative estimate of drug-likeness (QED) is 0.788. The maximum atomic E-state index is 12.2. The average molecular weight is 238 g/mol. The SMILES string of the molecule is CC(Oc1ncccc1N(O)O)C(F)(F)F. The lowest BCUT2D eigenvalue weighted by molar-refractivity contribution is -0.190. The maximum Gasteiger partial charge on any atom is 0.425 e. The van der Waals surface area contributed by atoms with Gasteiger partial charge in [-0.2, -0.15) is 13.2 Å². The molecular formula is C8H9F3N2O3. The second-order valence-electron chi connectivity index (χ2n) is 2.92. The van der Waals surface area contributed by atoms with E-state index in [1.54, 1.807) is 0 Å². The van der Waals surface area contributed by atoms with Crippen molar-refractivity contribution in [2.45, 2.75) is 19.2 Å². The van der Waals surface area contributed by atoms with Gasteiger partial charge in [-0.25, -0.2) is 4.98 Å². The van der Waals surface area contributed by atoms with Gasteiger partial charge in [-0.3, -0.25) is 10.4 Å². The van der Waals surface area contributed by atoms with Crippen LogP contribution in [-0.4, -0.2) is 27.7 Å². The van der Waals surface area contributed by atoms with E-state index in [4.69, 9.17) is 10.4 Å². The zero-order chi connectivity index (χ0) is 12.3. The van der Waals surface area contributed by atoms with Crippen LogP contribution in [0.1, 0.15) is 6.92 Å². The zero-order valence-corrected chi connectivity index (χ0v) is 8.14. The third-order valence-electron chi connectivity index (χ3n) is 1.72. The Hall–Kier alpha value is -1.54. The molecule has 0 saturated carbocycles. The highest BCUT2D eigenvalue weighted by Gasteiger charge is 2.38. The summed E-state index contributed by atoms with van der Waals surface area (Å²) in [5, 5.41) is 17.1. The van der Waals surface area contributed by atoms with Gasteiger partial charge in [0.25, 0.3) is 0 Å². The fourth-order valence-electron chi connectivity index (χ4n) is 0.860. The van der Waals surface area contributed by atoms with E-state index in [1.807, 2.05) is 0 Å². The molecule has 1 unspecified atom stereocenters. The molecule has 0 fully saturated rings. The minimum absolute atomic E-state index is 0.356. The number of nitrogens with zero attached hydrogens (tertiary/aromatic N) is 2. The molecule has 90 valence electrons. The molecule has 0 saturated heterocycles. The van der Waals surface area contributed by atoms with Crippen molar-refractivity contribution in [2.75, 3.05) is 5.23 Å². The first-order valence-electron chi connectivity index (χ1n) is 4.18. The van der Waals surface area contributed by atoms with Crippen molar-refractivity contribution in [1.29, 1.82) is 0 Å². The van der Waals surface area contributed by atoms with Crippen molar-refractivity contribution in [2.24, 2.45) is 0 Å². The predicted molar refractivity (Wildman–Crippen MR) is 46.4 cm³/mol. The third-order valence-corrected chi connectivity index (χ3v) is 1.72. The maximum absolute atomic E-state index is 12.2. The molecular weight excluding hydrogens is 229 g/mol. The number of pyridine rings is 1. The second kappa shape index (κ2) is 4.54. The first kappa shape index (κ1) is 12.5. The Balaban J connectivity index is 2.89. The normalized spacial score (nSPS) is 13.4. The van der Waals surface area contributed by atoms with Crippen molar-refractivity contribution in [1.82, 2.24) is 4.98 Å². The lowest BCUT2D eigenvalue weighted by Gasteiger charge is -2.19. The van der Waals surface area contributed by atoms with E-state index in [2.05, 4.69) is 9.72 Å². The molecule has 0 aliphatic heterocycles. The van der Waals surface area contributed by atoms with Crippen molar-refractivity contribution in [3.63, 3.8) is 0 Å². The van der Waals surface area contributed by atoms with Gasteiger partial charge in [0.1, 0.15) is 0 Å². The van der Waals surface area contributed by atoms with Crippen LogP contribution >= 0.6 is 0 Å². The monoisotopic (exact) mass is 238 g/mol. The van der Waals surface area contributed by atoms with Crippen molar-refractivity contribution in [3.8, 4) is 5.88 Å². The molecule has 0 aliphatic carbocycles. The second-order valence-corrected chi connectivity index (χ2v) is 2.92. The van der Waals surface area contributed by atoms with Gasteiger partial charge >= 0.3 is 6.18 Å². The molecule has 0 bridgehead atoms. The molecule has 0 aliphatic rings. The summed E-state index contributed by atoms with van der Waals surface area (Å²) in [6.45, 7) is 0.789. The summed E-state index contributed by atoms with van der Waals surface area (Å²) in [6.07, 6.45) is -5.48. The molecule has 2 N–H and O–H groups in total. The highest BCUT2D eigenvalue weighted by atomic mass is 19.4. The van der Waals surface area contributed by atoms with Gasteiger partial charge in [0, 0.05) is 6.20 Å². The molecule has 0 aromatic carbocycles. The molecule has 16 heavy (non-hydrogen) atoms. The highest BCUT2D eigenvalue weighted by molar-refractivity contribution is 5.50. The average Bonchev–Trinajstić information content (AvgIpc) is 2.16. The number of hydrogen-bond acceptors (Lipinski definition) is 5. The minimum atomic E-state index is -4.55. The molecule has 1 aromatic rings. The number of ether oxygens (including phenoxy) is 1. The number of alkyl halides is 3. The third kappa shape index (κ3) is 2.97. The number of halogens is 3. The summed E-state index contributed by atoms with van der Waals surface area (Å²) in [4.78, 5) is 3.47. The van der Waals surface area contributed by atoms with Crippen LogP contribution in [-0.2, 0) is 0 Å². The first-order chi connectivity index (χ1) is 7.32. The summed E-state index contributed by atoms with van der Waals surface area (Å²) >= 11 is 0. The fourth-order valence-corrected chi connectivity index (χ4v) is 0.860. The Kier molecular flexibility index (Phi) is 3.55. The number of aromatic nitrogens is 1. The lowest BCUT2D eigenvalue weighted by Crippen LogP contribution is -2.32.